The highest BCUT2D eigenvalue weighted by atomic mass is 16.2. The standard InChI is InChI=1S/C28H25N3O3/c1-18-7-13-24(14-8-18)31-27(33)25(21-9-11-23(12-10-21)29-19(2)32)26(28(31)34)30-16-15-20-5-3-4-6-22(20)17-30/h3-14H,15-17H2,1-2H3,(H,29,32). The van der Waals surface area contributed by atoms with Gasteiger partial charge in [-0.15, -0.1) is 0 Å². The Bertz CT molecular complexity index is 1320. The third-order valence-corrected chi connectivity index (χ3v) is 6.29. The van der Waals surface area contributed by atoms with Crippen molar-refractivity contribution < 1.29 is 14.4 Å². The Hall–Kier alpha value is -4.19. The van der Waals surface area contributed by atoms with Crippen molar-refractivity contribution in [2.45, 2.75) is 26.8 Å². The van der Waals surface area contributed by atoms with Crippen LogP contribution in [0, 0.1) is 6.92 Å². The quantitative estimate of drug-likeness (QED) is 0.601. The summed E-state index contributed by atoms with van der Waals surface area (Å²) in [6.45, 7) is 4.63. The van der Waals surface area contributed by atoms with E-state index in [1.807, 2.05) is 36.1 Å². The average molecular weight is 452 g/mol. The van der Waals surface area contributed by atoms with Crippen LogP contribution in [0.2, 0.25) is 0 Å². The van der Waals surface area contributed by atoms with E-state index in [0.717, 1.165) is 17.5 Å². The number of rotatable bonds is 4. The molecule has 3 aromatic carbocycles. The van der Waals surface area contributed by atoms with Gasteiger partial charge in [0.2, 0.25) is 5.91 Å². The molecule has 2 aliphatic rings. The molecule has 0 saturated heterocycles. The molecule has 6 nitrogen and oxygen atoms in total. The maximum Gasteiger partial charge on any atom is 0.282 e. The molecule has 0 radical (unpaired) electrons. The molecular weight excluding hydrogens is 426 g/mol. The molecule has 0 atom stereocenters. The minimum Gasteiger partial charge on any atom is -0.362 e. The number of anilines is 2. The fraction of sp³-hybridized carbons (Fsp3) is 0.179. The Morgan fingerprint density at radius 2 is 1.53 bits per heavy atom. The number of nitrogens with zero attached hydrogens (tertiary/aromatic N) is 2. The number of hydrogen-bond acceptors (Lipinski definition) is 4. The van der Waals surface area contributed by atoms with Crippen molar-refractivity contribution in [2.24, 2.45) is 0 Å². The molecule has 0 saturated carbocycles. The lowest BCUT2D eigenvalue weighted by Crippen LogP contribution is -2.37. The molecule has 3 aromatic rings. The largest absolute Gasteiger partial charge is 0.362 e. The highest BCUT2D eigenvalue weighted by Crippen LogP contribution is 2.37. The third-order valence-electron chi connectivity index (χ3n) is 6.29. The Labute approximate surface area is 198 Å². The van der Waals surface area contributed by atoms with Crippen LogP contribution in [0.4, 0.5) is 11.4 Å². The highest BCUT2D eigenvalue weighted by molar-refractivity contribution is 6.45. The predicted octanol–water partition coefficient (Wildman–Crippen LogP) is 4.30. The van der Waals surface area contributed by atoms with Crippen LogP contribution in [0.25, 0.3) is 5.57 Å². The molecule has 0 aromatic heterocycles. The first-order valence-corrected chi connectivity index (χ1v) is 11.3. The molecule has 0 fully saturated rings. The lowest BCUT2D eigenvalue weighted by atomic mass is 9.97. The number of imide groups is 1. The summed E-state index contributed by atoms with van der Waals surface area (Å²) in [5.74, 6) is -0.818. The van der Waals surface area contributed by atoms with Gasteiger partial charge in [0.25, 0.3) is 11.8 Å². The molecule has 0 bridgehead atoms. The van der Waals surface area contributed by atoms with Gasteiger partial charge in [-0.25, -0.2) is 4.90 Å². The van der Waals surface area contributed by atoms with Crippen LogP contribution >= 0.6 is 0 Å². The van der Waals surface area contributed by atoms with Crippen molar-refractivity contribution in [3.63, 3.8) is 0 Å². The molecule has 0 unspecified atom stereocenters. The monoisotopic (exact) mass is 451 g/mol. The summed E-state index contributed by atoms with van der Waals surface area (Å²) in [4.78, 5) is 42.2. The molecule has 2 aliphatic heterocycles. The number of nitrogens with one attached hydrogen (secondary N) is 1. The molecule has 6 heteroatoms. The Morgan fingerprint density at radius 1 is 0.853 bits per heavy atom. The van der Waals surface area contributed by atoms with Gasteiger partial charge in [0.1, 0.15) is 5.70 Å². The molecule has 34 heavy (non-hydrogen) atoms. The van der Waals surface area contributed by atoms with E-state index in [9.17, 15) is 14.4 Å². The molecule has 0 aliphatic carbocycles. The average Bonchev–Trinajstić information content (AvgIpc) is 3.09. The van der Waals surface area contributed by atoms with Crippen LogP contribution in [-0.4, -0.2) is 29.2 Å². The minimum absolute atomic E-state index is 0.169. The van der Waals surface area contributed by atoms with Crippen LogP contribution < -0.4 is 10.2 Å². The number of amides is 3. The third kappa shape index (κ3) is 3.88. The van der Waals surface area contributed by atoms with E-state index in [-0.39, 0.29) is 17.7 Å². The highest BCUT2D eigenvalue weighted by Gasteiger charge is 2.43. The second-order valence-corrected chi connectivity index (χ2v) is 8.70. The van der Waals surface area contributed by atoms with E-state index < -0.39 is 0 Å². The summed E-state index contributed by atoms with van der Waals surface area (Å²) < 4.78 is 0. The molecule has 3 amide bonds. The molecule has 170 valence electrons. The molecule has 1 N–H and O–H groups in total. The summed E-state index contributed by atoms with van der Waals surface area (Å²) in [5.41, 5.74) is 6.14. The molecule has 2 heterocycles. The van der Waals surface area contributed by atoms with Gasteiger partial charge in [-0.2, -0.15) is 0 Å². The van der Waals surface area contributed by atoms with Crippen molar-refractivity contribution in [3.05, 3.63) is 101 Å². The number of fused-ring (bicyclic) bond motifs is 1. The number of carbonyl (C=O) groups excluding carboxylic acids is 3. The fourth-order valence-corrected chi connectivity index (χ4v) is 4.61. The number of aryl methyl sites for hydroxylation is 1. The van der Waals surface area contributed by atoms with E-state index in [4.69, 9.17) is 0 Å². The first-order valence-electron chi connectivity index (χ1n) is 11.3. The van der Waals surface area contributed by atoms with Gasteiger partial charge in [0, 0.05) is 25.7 Å². The van der Waals surface area contributed by atoms with Gasteiger partial charge in [0.05, 0.1) is 11.3 Å². The van der Waals surface area contributed by atoms with E-state index >= 15 is 0 Å². The van der Waals surface area contributed by atoms with E-state index in [1.165, 1.54) is 17.4 Å². The summed E-state index contributed by atoms with van der Waals surface area (Å²) in [5, 5.41) is 2.74. The van der Waals surface area contributed by atoms with Crippen LogP contribution in [0.15, 0.2) is 78.5 Å². The number of hydrogen-bond donors (Lipinski definition) is 1. The van der Waals surface area contributed by atoms with Gasteiger partial charge in [-0.1, -0.05) is 54.1 Å². The van der Waals surface area contributed by atoms with Gasteiger partial charge in [0.15, 0.2) is 0 Å². The summed E-state index contributed by atoms with van der Waals surface area (Å²) in [6.07, 6.45) is 0.806. The van der Waals surface area contributed by atoms with Crippen molar-refractivity contribution in [2.75, 3.05) is 16.8 Å². The zero-order valence-corrected chi connectivity index (χ0v) is 19.2. The molecular formula is C28H25N3O3. The summed E-state index contributed by atoms with van der Waals surface area (Å²) >= 11 is 0. The van der Waals surface area contributed by atoms with Gasteiger partial charge in [-0.3, -0.25) is 14.4 Å². The predicted molar refractivity (Wildman–Crippen MR) is 132 cm³/mol. The smallest absolute Gasteiger partial charge is 0.282 e. The Balaban J connectivity index is 1.58. The van der Waals surface area contributed by atoms with Crippen molar-refractivity contribution in [3.8, 4) is 0 Å². The van der Waals surface area contributed by atoms with E-state index in [2.05, 4.69) is 17.4 Å². The summed E-state index contributed by atoms with van der Waals surface area (Å²) in [7, 11) is 0. The Kier molecular flexibility index (Phi) is 5.49. The van der Waals surface area contributed by atoms with Crippen LogP contribution in [-0.2, 0) is 27.3 Å². The zero-order valence-electron chi connectivity index (χ0n) is 19.2. The maximum absolute atomic E-state index is 13.8. The Morgan fingerprint density at radius 3 is 2.21 bits per heavy atom. The van der Waals surface area contributed by atoms with Gasteiger partial charge in [-0.05, 0) is 54.3 Å². The van der Waals surface area contributed by atoms with Gasteiger partial charge < -0.3 is 10.2 Å². The van der Waals surface area contributed by atoms with Crippen LogP contribution in [0.3, 0.4) is 0 Å². The normalized spacial score (nSPS) is 15.6. The molecule has 0 spiro atoms. The molecule has 5 rings (SSSR count). The van der Waals surface area contributed by atoms with Crippen LogP contribution in [0.1, 0.15) is 29.2 Å². The number of carbonyl (C=O) groups is 3. The lowest BCUT2D eigenvalue weighted by Gasteiger charge is -2.31. The SMILES string of the molecule is CC(=O)Nc1ccc(C2=C(N3CCc4ccccc4C3)C(=O)N(c3ccc(C)cc3)C2=O)cc1. The van der Waals surface area contributed by atoms with Gasteiger partial charge >= 0.3 is 0 Å². The van der Waals surface area contributed by atoms with E-state index in [1.54, 1.807) is 36.4 Å². The first-order chi connectivity index (χ1) is 16.4. The van der Waals surface area contributed by atoms with Crippen molar-refractivity contribution in [1.29, 1.82) is 0 Å². The van der Waals surface area contributed by atoms with Crippen molar-refractivity contribution >= 4 is 34.7 Å². The first kappa shape index (κ1) is 21.6. The number of benzene rings is 3. The van der Waals surface area contributed by atoms with E-state index in [0.29, 0.717) is 41.3 Å². The minimum atomic E-state index is -0.338. The zero-order chi connectivity index (χ0) is 23.8. The second kappa shape index (κ2) is 8.63. The fourth-order valence-electron chi connectivity index (χ4n) is 4.61. The maximum atomic E-state index is 13.8. The lowest BCUT2D eigenvalue weighted by molar-refractivity contribution is -0.121. The second-order valence-electron chi connectivity index (χ2n) is 8.70. The van der Waals surface area contributed by atoms with Crippen LogP contribution in [0.5, 0.6) is 0 Å². The van der Waals surface area contributed by atoms with Crippen molar-refractivity contribution in [1.82, 2.24) is 4.90 Å². The summed E-state index contributed by atoms with van der Waals surface area (Å²) in [6, 6.07) is 22.7. The topological polar surface area (TPSA) is 69.7 Å².